The average Bonchev–Trinajstić information content (AvgIpc) is 2.81. The van der Waals surface area contributed by atoms with Gasteiger partial charge in [-0.15, -0.1) is 6.58 Å². The fraction of sp³-hybridized carbons (Fsp3) is 0.560. The van der Waals surface area contributed by atoms with Crippen LogP contribution in [0.3, 0.4) is 0 Å². The lowest BCUT2D eigenvalue weighted by molar-refractivity contribution is -0.0327. The summed E-state index contributed by atoms with van der Waals surface area (Å²) in [6.45, 7) is 12.2. The van der Waals surface area contributed by atoms with E-state index < -0.39 is 15.8 Å². The largest absolute Gasteiger partial charge is 0.497 e. The summed E-state index contributed by atoms with van der Waals surface area (Å²) in [7, 11) is 1.67. The first-order valence-electron chi connectivity index (χ1n) is 11.3. The molecule has 5 nitrogen and oxygen atoms in total. The van der Waals surface area contributed by atoms with Crippen LogP contribution in [0.4, 0.5) is 0 Å². The molecule has 0 saturated carbocycles. The predicted octanol–water partition coefficient (Wildman–Crippen LogP) is 5.05. The number of nitrogens with zero attached hydrogens (tertiary/aromatic N) is 2. The van der Waals surface area contributed by atoms with Crippen molar-refractivity contribution in [2.75, 3.05) is 20.2 Å². The van der Waals surface area contributed by atoms with Crippen LogP contribution in [0.1, 0.15) is 51.7 Å². The average molecular weight is 443 g/mol. The number of piperidine rings is 3. The Morgan fingerprint density at radius 2 is 2.19 bits per heavy atom. The second-order valence-corrected chi connectivity index (χ2v) is 11.2. The highest BCUT2D eigenvalue weighted by Gasteiger charge is 2.44. The van der Waals surface area contributed by atoms with E-state index in [-0.39, 0.29) is 12.1 Å². The van der Waals surface area contributed by atoms with Gasteiger partial charge in [0.2, 0.25) is 0 Å². The van der Waals surface area contributed by atoms with E-state index in [1.165, 1.54) is 6.42 Å². The van der Waals surface area contributed by atoms with Crippen LogP contribution in [0, 0.1) is 11.8 Å². The molecule has 1 aromatic carbocycles. The summed E-state index contributed by atoms with van der Waals surface area (Å²) in [5.41, 5.74) is 1.93. The third-order valence-corrected chi connectivity index (χ3v) is 8.86. The minimum absolute atomic E-state index is 0.184. The van der Waals surface area contributed by atoms with Crippen LogP contribution < -0.4 is 4.74 Å². The Hall–Kier alpha value is -1.76. The summed E-state index contributed by atoms with van der Waals surface area (Å²) >= 11 is -1.42. The highest BCUT2D eigenvalue weighted by molar-refractivity contribution is 7.81. The van der Waals surface area contributed by atoms with E-state index in [4.69, 9.17) is 8.92 Å². The van der Waals surface area contributed by atoms with E-state index in [2.05, 4.69) is 29.5 Å². The zero-order valence-electron chi connectivity index (χ0n) is 19.0. The molecule has 0 aliphatic carbocycles. The van der Waals surface area contributed by atoms with Crippen molar-refractivity contribution < 1.29 is 13.1 Å². The van der Waals surface area contributed by atoms with Crippen molar-refractivity contribution >= 4 is 22.0 Å². The van der Waals surface area contributed by atoms with Crippen molar-refractivity contribution in [1.29, 1.82) is 0 Å². The summed E-state index contributed by atoms with van der Waals surface area (Å²) in [6, 6.07) is 8.13. The maximum Gasteiger partial charge on any atom is 0.161 e. The minimum Gasteiger partial charge on any atom is -0.497 e. The molecule has 6 atom stereocenters. The lowest BCUT2D eigenvalue weighted by Gasteiger charge is -2.51. The summed E-state index contributed by atoms with van der Waals surface area (Å²) in [5, 5.41) is 1.00. The van der Waals surface area contributed by atoms with Crippen LogP contribution in [0.2, 0.25) is 0 Å². The van der Waals surface area contributed by atoms with Gasteiger partial charge in [0.25, 0.3) is 0 Å². The van der Waals surface area contributed by atoms with Crippen LogP contribution in [0.5, 0.6) is 5.75 Å². The highest BCUT2D eigenvalue weighted by atomic mass is 32.2. The predicted molar refractivity (Wildman–Crippen MR) is 126 cm³/mol. The van der Waals surface area contributed by atoms with Gasteiger partial charge in [0.1, 0.15) is 11.9 Å². The second kappa shape index (κ2) is 9.00. The zero-order valence-corrected chi connectivity index (χ0v) is 19.9. The van der Waals surface area contributed by atoms with Crippen molar-refractivity contribution in [2.45, 2.75) is 56.9 Å². The Kier molecular flexibility index (Phi) is 6.52. The van der Waals surface area contributed by atoms with Crippen molar-refractivity contribution in [1.82, 2.24) is 9.88 Å². The van der Waals surface area contributed by atoms with E-state index in [9.17, 15) is 4.21 Å². The molecule has 0 spiro atoms. The van der Waals surface area contributed by atoms with Gasteiger partial charge in [-0.2, -0.15) is 0 Å². The van der Waals surface area contributed by atoms with Crippen LogP contribution in [-0.4, -0.2) is 45.1 Å². The molecule has 31 heavy (non-hydrogen) atoms. The van der Waals surface area contributed by atoms with E-state index in [1.807, 2.05) is 44.3 Å². The summed E-state index contributed by atoms with van der Waals surface area (Å²) in [5.74, 6) is 1.92. The molecule has 3 fully saturated rings. The van der Waals surface area contributed by atoms with Gasteiger partial charge < -0.3 is 4.74 Å². The maximum atomic E-state index is 13.3. The van der Waals surface area contributed by atoms with Gasteiger partial charge in [-0.25, -0.2) is 4.21 Å². The molecule has 0 N–H and O–H groups in total. The summed E-state index contributed by atoms with van der Waals surface area (Å²) < 4.78 is 24.9. The second-order valence-electron chi connectivity index (χ2n) is 9.39. The Morgan fingerprint density at radius 3 is 2.84 bits per heavy atom. The van der Waals surface area contributed by atoms with Gasteiger partial charge >= 0.3 is 0 Å². The van der Waals surface area contributed by atoms with Gasteiger partial charge in [0.15, 0.2) is 11.1 Å². The molecule has 2 aromatic rings. The van der Waals surface area contributed by atoms with Crippen LogP contribution in [0.25, 0.3) is 10.9 Å². The number of aromatic nitrogens is 1. The van der Waals surface area contributed by atoms with Crippen molar-refractivity contribution in [3.05, 3.63) is 48.7 Å². The Labute approximate surface area is 188 Å². The molecule has 3 aliphatic heterocycles. The first-order valence-corrected chi connectivity index (χ1v) is 12.3. The third kappa shape index (κ3) is 4.30. The first kappa shape index (κ1) is 22.4. The lowest BCUT2D eigenvalue weighted by Crippen LogP contribution is -2.55. The van der Waals surface area contributed by atoms with Crippen LogP contribution in [-0.2, 0) is 15.3 Å². The SMILES string of the molecule is C=C[C@H]1CN2CC[C@H]1C[C@H]2[C@H](O[S@](=O)C(C)(C)CC)c1ccnc2ccc(OC)cc12. The monoisotopic (exact) mass is 442 g/mol. The van der Waals surface area contributed by atoms with Gasteiger partial charge in [-0.3, -0.25) is 14.1 Å². The summed E-state index contributed by atoms with van der Waals surface area (Å²) in [4.78, 5) is 7.06. The number of benzene rings is 1. The molecule has 6 heteroatoms. The molecular formula is C25H34N2O3S. The molecular weight excluding hydrogens is 408 g/mol. The van der Waals surface area contributed by atoms with Crippen LogP contribution in [0.15, 0.2) is 43.1 Å². The van der Waals surface area contributed by atoms with E-state index in [0.29, 0.717) is 11.8 Å². The normalized spacial score (nSPS) is 27.7. The highest BCUT2D eigenvalue weighted by Crippen LogP contribution is 2.44. The number of methoxy groups -OCH3 is 1. The molecule has 0 amide bonds. The number of rotatable bonds is 8. The Balaban J connectivity index is 1.78. The smallest absolute Gasteiger partial charge is 0.161 e. The summed E-state index contributed by atoms with van der Waals surface area (Å²) in [6.07, 6.45) is 6.64. The molecule has 168 valence electrons. The van der Waals surface area contributed by atoms with Crippen molar-refractivity contribution in [3.8, 4) is 5.75 Å². The quantitative estimate of drug-likeness (QED) is 0.536. The number of ether oxygens (including phenoxy) is 1. The molecule has 1 unspecified atom stereocenters. The Morgan fingerprint density at radius 1 is 1.39 bits per heavy atom. The fourth-order valence-corrected chi connectivity index (χ4v) is 5.80. The Bertz CT molecular complexity index is 976. The van der Waals surface area contributed by atoms with Gasteiger partial charge in [0, 0.05) is 24.2 Å². The number of fused-ring (bicyclic) bond motifs is 4. The van der Waals surface area contributed by atoms with E-state index in [1.54, 1.807) is 7.11 Å². The topological polar surface area (TPSA) is 51.7 Å². The standard InChI is InChI=1S/C25H34N2O3S/c1-6-17-16-27-13-11-18(17)14-23(27)24(30-31(28)25(3,4)7-2)20-10-12-26-22-9-8-19(29-5)15-21(20)22/h6,8-10,12,15,17-18,23-24H,1,7,11,13-14,16H2,2-5H3/t17-,18-,23-,24+,31-/m0/s1. The minimum atomic E-state index is -1.42. The number of hydrogen-bond donors (Lipinski definition) is 0. The molecule has 3 saturated heterocycles. The van der Waals surface area contributed by atoms with E-state index in [0.717, 1.165) is 48.1 Å². The number of pyridine rings is 1. The fourth-order valence-electron chi connectivity index (χ4n) is 4.88. The molecule has 3 aliphatic rings. The number of hydrogen-bond acceptors (Lipinski definition) is 5. The van der Waals surface area contributed by atoms with Crippen molar-refractivity contribution in [2.24, 2.45) is 11.8 Å². The van der Waals surface area contributed by atoms with Gasteiger partial charge in [-0.1, -0.05) is 13.0 Å². The van der Waals surface area contributed by atoms with Crippen molar-refractivity contribution in [3.63, 3.8) is 0 Å². The third-order valence-electron chi connectivity index (χ3n) is 7.29. The van der Waals surface area contributed by atoms with Gasteiger partial charge in [0.05, 0.1) is 17.4 Å². The van der Waals surface area contributed by atoms with Crippen LogP contribution >= 0.6 is 0 Å². The van der Waals surface area contributed by atoms with Gasteiger partial charge in [-0.05, 0) is 81.3 Å². The lowest BCUT2D eigenvalue weighted by atomic mass is 9.73. The molecule has 2 bridgehead atoms. The maximum absolute atomic E-state index is 13.3. The zero-order chi connectivity index (χ0) is 22.2. The molecule has 5 rings (SSSR count). The molecule has 1 aromatic heterocycles. The first-order chi connectivity index (χ1) is 14.9. The van der Waals surface area contributed by atoms with E-state index >= 15 is 0 Å². The molecule has 0 radical (unpaired) electrons. The molecule has 4 heterocycles.